The Morgan fingerprint density at radius 2 is 1.80 bits per heavy atom. The van der Waals surface area contributed by atoms with Gasteiger partial charge >= 0.3 is 0 Å². The van der Waals surface area contributed by atoms with E-state index in [1.807, 2.05) is 0 Å². The third kappa shape index (κ3) is 4.06. The predicted molar refractivity (Wildman–Crippen MR) is 82.5 cm³/mol. The average Bonchev–Trinajstić information content (AvgIpc) is 2.44. The maximum Gasteiger partial charge on any atom is 0.123 e. The summed E-state index contributed by atoms with van der Waals surface area (Å²) in [5.74, 6) is 0.00696. The van der Waals surface area contributed by atoms with Gasteiger partial charge in [-0.05, 0) is 61.6 Å². The van der Waals surface area contributed by atoms with Crippen LogP contribution in [-0.2, 0) is 12.8 Å². The van der Waals surface area contributed by atoms with Crippen LogP contribution in [0.25, 0.3) is 0 Å². The minimum atomic E-state index is -0.254. The van der Waals surface area contributed by atoms with Crippen molar-refractivity contribution in [2.45, 2.75) is 19.8 Å². The van der Waals surface area contributed by atoms with E-state index < -0.39 is 0 Å². The molecule has 1 atom stereocenters. The highest BCUT2D eigenvalue weighted by atomic mass is 35.5. The second-order valence-electron chi connectivity index (χ2n) is 5.23. The summed E-state index contributed by atoms with van der Waals surface area (Å²) in [5.41, 5.74) is 9.17. The molecule has 2 aromatic rings. The third-order valence-electron chi connectivity index (χ3n) is 3.49. The maximum atomic E-state index is 13.3. The monoisotopic (exact) mass is 291 g/mol. The Labute approximate surface area is 124 Å². The van der Waals surface area contributed by atoms with E-state index in [4.69, 9.17) is 17.3 Å². The van der Waals surface area contributed by atoms with Gasteiger partial charge in [0.1, 0.15) is 5.82 Å². The van der Waals surface area contributed by atoms with Gasteiger partial charge in [-0.25, -0.2) is 4.39 Å². The molecule has 0 aliphatic heterocycles. The number of rotatable bonds is 5. The van der Waals surface area contributed by atoms with Gasteiger partial charge in [-0.1, -0.05) is 41.4 Å². The summed E-state index contributed by atoms with van der Waals surface area (Å²) in [7, 11) is 0. The highest BCUT2D eigenvalue weighted by Gasteiger charge is 2.12. The van der Waals surface area contributed by atoms with Gasteiger partial charge in [0.2, 0.25) is 0 Å². The Morgan fingerprint density at radius 1 is 1.10 bits per heavy atom. The summed E-state index contributed by atoms with van der Waals surface area (Å²) in [6.07, 6.45) is 1.57. The molecule has 2 rings (SSSR count). The molecule has 1 nitrogen and oxygen atoms in total. The summed E-state index contributed by atoms with van der Waals surface area (Å²) >= 11 is 6.11. The second kappa shape index (κ2) is 6.87. The van der Waals surface area contributed by atoms with E-state index in [9.17, 15) is 4.39 Å². The first-order valence-corrected chi connectivity index (χ1v) is 7.16. The molecule has 0 aliphatic rings. The minimum absolute atomic E-state index is 0.254. The van der Waals surface area contributed by atoms with Gasteiger partial charge in [-0.3, -0.25) is 0 Å². The number of hydrogen-bond donors (Lipinski definition) is 1. The van der Waals surface area contributed by atoms with Gasteiger partial charge in [0, 0.05) is 5.02 Å². The summed E-state index contributed by atoms with van der Waals surface area (Å²) < 4.78 is 13.3. The average molecular weight is 292 g/mol. The smallest absolute Gasteiger partial charge is 0.123 e. The first-order chi connectivity index (χ1) is 9.58. The second-order valence-corrected chi connectivity index (χ2v) is 5.64. The van der Waals surface area contributed by atoms with Gasteiger partial charge in [0.25, 0.3) is 0 Å². The molecule has 0 saturated heterocycles. The topological polar surface area (TPSA) is 26.0 Å². The van der Waals surface area contributed by atoms with Crippen molar-refractivity contribution >= 4 is 11.6 Å². The van der Waals surface area contributed by atoms with E-state index in [0.717, 1.165) is 12.0 Å². The van der Waals surface area contributed by atoms with Crippen LogP contribution in [0.1, 0.15) is 16.7 Å². The van der Waals surface area contributed by atoms with Crippen LogP contribution < -0.4 is 5.73 Å². The minimum Gasteiger partial charge on any atom is -0.330 e. The lowest BCUT2D eigenvalue weighted by Gasteiger charge is -2.16. The van der Waals surface area contributed by atoms with Gasteiger partial charge in [0.05, 0.1) is 0 Å². The van der Waals surface area contributed by atoms with Gasteiger partial charge in [-0.2, -0.15) is 0 Å². The van der Waals surface area contributed by atoms with Crippen molar-refractivity contribution in [1.29, 1.82) is 0 Å². The highest BCUT2D eigenvalue weighted by molar-refractivity contribution is 6.31. The summed E-state index contributed by atoms with van der Waals surface area (Å²) in [4.78, 5) is 0. The molecule has 106 valence electrons. The Kier molecular flexibility index (Phi) is 5.16. The Bertz CT molecular complexity index is 566. The third-order valence-corrected chi connectivity index (χ3v) is 3.86. The van der Waals surface area contributed by atoms with Crippen molar-refractivity contribution in [2.24, 2.45) is 11.7 Å². The van der Waals surface area contributed by atoms with E-state index in [1.54, 1.807) is 6.07 Å². The van der Waals surface area contributed by atoms with Crippen LogP contribution in [0.5, 0.6) is 0 Å². The fourth-order valence-corrected chi connectivity index (χ4v) is 2.50. The van der Waals surface area contributed by atoms with E-state index >= 15 is 0 Å². The van der Waals surface area contributed by atoms with E-state index in [1.165, 1.54) is 23.3 Å². The molecule has 1 unspecified atom stereocenters. The van der Waals surface area contributed by atoms with Gasteiger partial charge < -0.3 is 5.73 Å². The maximum absolute atomic E-state index is 13.3. The lowest BCUT2D eigenvalue weighted by atomic mass is 9.92. The molecule has 0 bridgehead atoms. The molecule has 0 amide bonds. The Balaban J connectivity index is 2.08. The fourth-order valence-electron chi connectivity index (χ4n) is 2.31. The normalized spacial score (nSPS) is 12.4. The predicted octanol–water partition coefficient (Wildman–Crippen LogP) is 4.15. The van der Waals surface area contributed by atoms with Crippen LogP contribution in [0.3, 0.4) is 0 Å². The number of hydrogen-bond acceptors (Lipinski definition) is 1. The SMILES string of the molecule is Cc1ccc(CC(CN)Cc2cc(F)ccc2Cl)cc1. The van der Waals surface area contributed by atoms with Crippen molar-refractivity contribution in [3.8, 4) is 0 Å². The zero-order valence-corrected chi connectivity index (χ0v) is 12.3. The van der Waals surface area contributed by atoms with Crippen LogP contribution >= 0.6 is 11.6 Å². The van der Waals surface area contributed by atoms with E-state index in [0.29, 0.717) is 18.0 Å². The zero-order chi connectivity index (χ0) is 14.5. The first kappa shape index (κ1) is 15.0. The van der Waals surface area contributed by atoms with Crippen molar-refractivity contribution in [1.82, 2.24) is 0 Å². The standard InChI is InChI=1S/C17H19ClFN/c1-12-2-4-13(5-3-12)8-14(11-20)9-15-10-16(19)6-7-17(15)18/h2-7,10,14H,8-9,11,20H2,1H3. The molecule has 0 fully saturated rings. The molecule has 0 radical (unpaired) electrons. The molecule has 3 heteroatoms. The molecule has 0 aliphatic carbocycles. The summed E-state index contributed by atoms with van der Waals surface area (Å²) in [5, 5.41) is 0.605. The highest BCUT2D eigenvalue weighted by Crippen LogP contribution is 2.22. The Hall–Kier alpha value is -1.38. The number of aryl methyl sites for hydroxylation is 1. The molecule has 0 heterocycles. The largest absolute Gasteiger partial charge is 0.330 e. The molecule has 0 saturated carbocycles. The van der Waals surface area contributed by atoms with Crippen LogP contribution in [0, 0.1) is 18.7 Å². The molecular weight excluding hydrogens is 273 g/mol. The van der Waals surface area contributed by atoms with E-state index in [-0.39, 0.29) is 11.7 Å². The van der Waals surface area contributed by atoms with Crippen LogP contribution in [0.15, 0.2) is 42.5 Å². The summed E-state index contributed by atoms with van der Waals surface area (Å²) in [6.45, 7) is 2.62. The quantitative estimate of drug-likeness (QED) is 0.880. The lowest BCUT2D eigenvalue weighted by molar-refractivity contribution is 0.530. The molecule has 2 aromatic carbocycles. The number of halogens is 2. The summed E-state index contributed by atoms with van der Waals surface area (Å²) in [6, 6.07) is 12.9. The Morgan fingerprint density at radius 3 is 2.45 bits per heavy atom. The molecule has 20 heavy (non-hydrogen) atoms. The molecule has 2 N–H and O–H groups in total. The molecule has 0 aromatic heterocycles. The van der Waals surface area contributed by atoms with Crippen molar-refractivity contribution in [3.05, 3.63) is 70.0 Å². The van der Waals surface area contributed by atoms with Crippen molar-refractivity contribution < 1.29 is 4.39 Å². The van der Waals surface area contributed by atoms with E-state index in [2.05, 4.69) is 31.2 Å². The van der Waals surface area contributed by atoms with Crippen molar-refractivity contribution in [2.75, 3.05) is 6.54 Å². The fraction of sp³-hybridized carbons (Fsp3) is 0.294. The van der Waals surface area contributed by atoms with Crippen LogP contribution in [0.4, 0.5) is 4.39 Å². The van der Waals surface area contributed by atoms with Gasteiger partial charge in [-0.15, -0.1) is 0 Å². The number of nitrogens with two attached hydrogens (primary N) is 1. The van der Waals surface area contributed by atoms with Crippen molar-refractivity contribution in [3.63, 3.8) is 0 Å². The van der Waals surface area contributed by atoms with Gasteiger partial charge in [0.15, 0.2) is 0 Å². The van der Waals surface area contributed by atoms with Crippen LogP contribution in [-0.4, -0.2) is 6.54 Å². The first-order valence-electron chi connectivity index (χ1n) is 6.78. The number of benzene rings is 2. The molecule has 0 spiro atoms. The zero-order valence-electron chi connectivity index (χ0n) is 11.6. The molecular formula is C17H19ClFN. The lowest BCUT2D eigenvalue weighted by Crippen LogP contribution is -2.19. The van der Waals surface area contributed by atoms with Crippen LogP contribution in [0.2, 0.25) is 5.02 Å².